The molecule has 0 aromatic heterocycles. The Morgan fingerprint density at radius 3 is 2.83 bits per heavy atom. The number of carbonyl (C=O) groups is 1. The predicted molar refractivity (Wildman–Crippen MR) is 46.6 cm³/mol. The van der Waals surface area contributed by atoms with Gasteiger partial charge in [-0.1, -0.05) is 0 Å². The number of aliphatic hydroxyl groups is 1. The summed E-state index contributed by atoms with van der Waals surface area (Å²) >= 11 is 0. The number of nitrogens with one attached hydrogen (secondary N) is 1. The first-order chi connectivity index (χ1) is 5.70. The van der Waals surface area contributed by atoms with Crippen molar-refractivity contribution in [1.29, 1.82) is 0 Å². The fourth-order valence-electron chi connectivity index (χ4n) is 1.10. The molecule has 0 saturated heterocycles. The Balaban J connectivity index is 1.91. The smallest absolute Gasteiger partial charge is 0.223 e. The van der Waals surface area contributed by atoms with Crippen LogP contribution in [0.25, 0.3) is 0 Å². The highest BCUT2D eigenvalue weighted by atomic mass is 16.3. The van der Waals surface area contributed by atoms with Gasteiger partial charge in [-0.05, 0) is 32.6 Å². The summed E-state index contributed by atoms with van der Waals surface area (Å²) < 4.78 is 0. The number of rotatable bonds is 5. The SMILES string of the molecule is CC(O)CCCNC(=O)C1CC1. The number of aliphatic hydroxyl groups excluding tert-OH is 1. The van der Waals surface area contributed by atoms with Gasteiger partial charge in [-0.15, -0.1) is 0 Å². The Morgan fingerprint density at radius 2 is 2.33 bits per heavy atom. The van der Waals surface area contributed by atoms with Crippen molar-refractivity contribution < 1.29 is 9.90 Å². The number of carbonyl (C=O) groups excluding carboxylic acids is 1. The lowest BCUT2D eigenvalue weighted by Crippen LogP contribution is -2.26. The topological polar surface area (TPSA) is 49.3 Å². The standard InChI is InChI=1S/C9H17NO2/c1-7(11)3-2-6-10-9(12)8-4-5-8/h7-8,11H,2-6H2,1H3,(H,10,12). The molecule has 0 aromatic rings. The van der Waals surface area contributed by atoms with Crippen molar-refractivity contribution in [3.8, 4) is 0 Å². The van der Waals surface area contributed by atoms with E-state index >= 15 is 0 Å². The van der Waals surface area contributed by atoms with Crippen LogP contribution in [0, 0.1) is 5.92 Å². The minimum Gasteiger partial charge on any atom is -0.393 e. The van der Waals surface area contributed by atoms with Crippen molar-refractivity contribution in [3.63, 3.8) is 0 Å². The van der Waals surface area contributed by atoms with Gasteiger partial charge in [0.25, 0.3) is 0 Å². The number of hydrogen-bond acceptors (Lipinski definition) is 2. The van der Waals surface area contributed by atoms with Crippen molar-refractivity contribution in [2.75, 3.05) is 6.54 Å². The molecule has 2 N–H and O–H groups in total. The fraction of sp³-hybridized carbons (Fsp3) is 0.889. The Labute approximate surface area is 73.2 Å². The van der Waals surface area contributed by atoms with Gasteiger partial charge in [-0.2, -0.15) is 0 Å². The summed E-state index contributed by atoms with van der Waals surface area (Å²) in [5.41, 5.74) is 0. The van der Waals surface area contributed by atoms with Crippen LogP contribution in [0.5, 0.6) is 0 Å². The van der Waals surface area contributed by atoms with E-state index in [2.05, 4.69) is 5.32 Å². The molecule has 1 aliphatic carbocycles. The molecule has 1 amide bonds. The molecule has 0 aromatic carbocycles. The summed E-state index contributed by atoms with van der Waals surface area (Å²) in [6, 6.07) is 0. The third kappa shape index (κ3) is 3.72. The molecule has 0 heterocycles. The molecule has 0 radical (unpaired) electrons. The third-order valence-electron chi connectivity index (χ3n) is 2.05. The normalized spacial score (nSPS) is 18.8. The van der Waals surface area contributed by atoms with Crippen LogP contribution < -0.4 is 5.32 Å². The van der Waals surface area contributed by atoms with Crippen LogP contribution in [-0.2, 0) is 4.79 Å². The van der Waals surface area contributed by atoms with Crippen molar-refractivity contribution in [2.24, 2.45) is 5.92 Å². The molecule has 3 heteroatoms. The average Bonchev–Trinajstić information content (AvgIpc) is 2.79. The summed E-state index contributed by atoms with van der Waals surface area (Å²) in [5, 5.41) is 11.8. The summed E-state index contributed by atoms with van der Waals surface area (Å²) in [6.45, 7) is 2.48. The molecule has 3 nitrogen and oxygen atoms in total. The van der Waals surface area contributed by atoms with Crippen LogP contribution in [0.4, 0.5) is 0 Å². The quantitative estimate of drug-likeness (QED) is 0.597. The van der Waals surface area contributed by atoms with Crippen LogP contribution in [0.15, 0.2) is 0 Å². The average molecular weight is 171 g/mol. The van der Waals surface area contributed by atoms with E-state index in [9.17, 15) is 4.79 Å². The number of hydrogen-bond donors (Lipinski definition) is 2. The highest BCUT2D eigenvalue weighted by Crippen LogP contribution is 2.28. The van der Waals surface area contributed by atoms with Gasteiger partial charge in [0.05, 0.1) is 6.10 Å². The Hall–Kier alpha value is -0.570. The van der Waals surface area contributed by atoms with Crippen LogP contribution in [0.2, 0.25) is 0 Å². The minimum absolute atomic E-state index is 0.195. The second kappa shape index (κ2) is 4.45. The van der Waals surface area contributed by atoms with Gasteiger partial charge in [0.15, 0.2) is 0 Å². The minimum atomic E-state index is -0.247. The zero-order chi connectivity index (χ0) is 8.97. The Kier molecular flexibility index (Phi) is 3.53. The Morgan fingerprint density at radius 1 is 1.67 bits per heavy atom. The van der Waals surface area contributed by atoms with Gasteiger partial charge < -0.3 is 10.4 Å². The maximum atomic E-state index is 11.1. The van der Waals surface area contributed by atoms with E-state index < -0.39 is 0 Å². The molecule has 0 aliphatic heterocycles. The molecule has 1 atom stereocenters. The largest absolute Gasteiger partial charge is 0.393 e. The monoisotopic (exact) mass is 171 g/mol. The van der Waals surface area contributed by atoms with Crippen LogP contribution in [0.3, 0.4) is 0 Å². The van der Waals surface area contributed by atoms with Crippen LogP contribution >= 0.6 is 0 Å². The first-order valence-corrected chi connectivity index (χ1v) is 4.66. The second-order valence-electron chi connectivity index (χ2n) is 3.56. The summed E-state index contributed by atoms with van der Waals surface area (Å²) in [5.74, 6) is 0.497. The van der Waals surface area contributed by atoms with Gasteiger partial charge in [0.2, 0.25) is 5.91 Å². The van der Waals surface area contributed by atoms with E-state index in [4.69, 9.17) is 5.11 Å². The van der Waals surface area contributed by atoms with Crippen LogP contribution in [-0.4, -0.2) is 23.7 Å². The second-order valence-corrected chi connectivity index (χ2v) is 3.56. The molecule has 12 heavy (non-hydrogen) atoms. The summed E-state index contributed by atoms with van der Waals surface area (Å²) in [6.07, 6.45) is 3.51. The van der Waals surface area contributed by atoms with Crippen molar-refractivity contribution in [3.05, 3.63) is 0 Å². The van der Waals surface area contributed by atoms with Crippen molar-refractivity contribution in [2.45, 2.75) is 38.7 Å². The maximum Gasteiger partial charge on any atom is 0.223 e. The first-order valence-electron chi connectivity index (χ1n) is 4.66. The van der Waals surface area contributed by atoms with Crippen LogP contribution in [0.1, 0.15) is 32.6 Å². The van der Waals surface area contributed by atoms with E-state index in [0.29, 0.717) is 12.5 Å². The molecule has 0 bridgehead atoms. The molecular formula is C9H17NO2. The molecule has 1 saturated carbocycles. The lowest BCUT2D eigenvalue weighted by molar-refractivity contribution is -0.122. The van der Waals surface area contributed by atoms with E-state index in [0.717, 1.165) is 25.7 Å². The van der Waals surface area contributed by atoms with E-state index in [1.807, 2.05) is 0 Å². The van der Waals surface area contributed by atoms with Gasteiger partial charge in [0, 0.05) is 12.5 Å². The molecule has 70 valence electrons. The molecular weight excluding hydrogens is 154 g/mol. The highest BCUT2D eigenvalue weighted by Gasteiger charge is 2.28. The zero-order valence-corrected chi connectivity index (χ0v) is 7.55. The molecule has 1 unspecified atom stereocenters. The van der Waals surface area contributed by atoms with Crippen molar-refractivity contribution in [1.82, 2.24) is 5.32 Å². The van der Waals surface area contributed by atoms with Gasteiger partial charge in [-0.25, -0.2) is 0 Å². The summed E-state index contributed by atoms with van der Waals surface area (Å²) in [7, 11) is 0. The molecule has 1 fully saturated rings. The molecule has 1 aliphatic rings. The van der Waals surface area contributed by atoms with E-state index in [1.54, 1.807) is 6.92 Å². The lowest BCUT2D eigenvalue weighted by atomic mass is 10.2. The van der Waals surface area contributed by atoms with E-state index in [-0.39, 0.29) is 12.0 Å². The maximum absolute atomic E-state index is 11.1. The number of amides is 1. The fourth-order valence-corrected chi connectivity index (χ4v) is 1.10. The van der Waals surface area contributed by atoms with Crippen molar-refractivity contribution >= 4 is 5.91 Å². The Bertz CT molecular complexity index is 153. The zero-order valence-electron chi connectivity index (χ0n) is 7.55. The molecule has 1 rings (SSSR count). The lowest BCUT2D eigenvalue weighted by Gasteiger charge is -2.05. The summed E-state index contributed by atoms with van der Waals surface area (Å²) in [4.78, 5) is 11.1. The van der Waals surface area contributed by atoms with Gasteiger partial charge in [0.1, 0.15) is 0 Å². The third-order valence-corrected chi connectivity index (χ3v) is 2.05. The predicted octanol–water partition coefficient (Wildman–Crippen LogP) is 0.674. The van der Waals surface area contributed by atoms with Gasteiger partial charge >= 0.3 is 0 Å². The first kappa shape index (κ1) is 9.52. The highest BCUT2D eigenvalue weighted by molar-refractivity contribution is 5.80. The van der Waals surface area contributed by atoms with E-state index in [1.165, 1.54) is 0 Å². The van der Waals surface area contributed by atoms with Gasteiger partial charge in [-0.3, -0.25) is 4.79 Å². The molecule has 0 spiro atoms.